The van der Waals surface area contributed by atoms with Crippen molar-refractivity contribution in [1.82, 2.24) is 4.68 Å². The largest absolute Gasteiger partial charge is 0.492 e. The van der Waals surface area contributed by atoms with Crippen LogP contribution in [0.1, 0.15) is 47.2 Å². The molecule has 1 aromatic heterocycles. The number of benzene rings is 1. The summed E-state index contributed by atoms with van der Waals surface area (Å²) in [6, 6.07) is 4.79. The Morgan fingerprint density at radius 3 is 2.72 bits per heavy atom. The van der Waals surface area contributed by atoms with Crippen molar-refractivity contribution < 1.29 is 23.5 Å². The smallest absolute Gasteiger partial charge is 0.341 e. The van der Waals surface area contributed by atoms with E-state index in [1.54, 1.807) is 16.8 Å². The molecule has 0 amide bonds. The number of carboxylic acid groups (broad SMARTS) is 1. The molecule has 0 spiro atoms. The van der Waals surface area contributed by atoms with E-state index in [0.717, 1.165) is 5.56 Å². The SMILES string of the molecule is [2H]C([2H])([2H])OCCCOc1cc2c(cc1Cl)-c1cc(=O)c(C(=O)O)cn1N(C(C)(C)C)C2. The van der Waals surface area contributed by atoms with Crippen molar-refractivity contribution in [1.29, 1.82) is 0 Å². The summed E-state index contributed by atoms with van der Waals surface area (Å²) in [5.41, 5.74) is 0.830. The summed E-state index contributed by atoms with van der Waals surface area (Å²) >= 11 is 6.42. The van der Waals surface area contributed by atoms with E-state index in [4.69, 9.17) is 25.2 Å². The monoisotopic (exact) mass is 423 g/mol. The van der Waals surface area contributed by atoms with Crippen molar-refractivity contribution in [3.8, 4) is 17.0 Å². The molecule has 0 fully saturated rings. The molecule has 8 heteroatoms. The number of ether oxygens (including phenoxy) is 2. The number of methoxy groups -OCH3 is 1. The lowest BCUT2D eigenvalue weighted by Crippen LogP contribution is -2.51. The molecule has 7 nitrogen and oxygen atoms in total. The summed E-state index contributed by atoms with van der Waals surface area (Å²) in [4.78, 5) is 23.9. The second-order valence-corrected chi connectivity index (χ2v) is 8.21. The zero-order valence-electron chi connectivity index (χ0n) is 19.5. The summed E-state index contributed by atoms with van der Waals surface area (Å²) in [5, 5.41) is 11.7. The van der Waals surface area contributed by atoms with Gasteiger partial charge < -0.3 is 19.6 Å². The molecule has 156 valence electrons. The van der Waals surface area contributed by atoms with Crippen molar-refractivity contribution in [3.05, 3.63) is 50.8 Å². The molecule has 29 heavy (non-hydrogen) atoms. The van der Waals surface area contributed by atoms with Gasteiger partial charge in [-0.1, -0.05) is 11.6 Å². The highest BCUT2D eigenvalue weighted by molar-refractivity contribution is 6.32. The van der Waals surface area contributed by atoms with Crippen LogP contribution in [0.15, 0.2) is 29.2 Å². The Hall–Kier alpha value is -2.51. The number of nitrogens with zero attached hydrogens (tertiary/aromatic N) is 2. The van der Waals surface area contributed by atoms with Crippen molar-refractivity contribution in [2.45, 2.75) is 39.3 Å². The van der Waals surface area contributed by atoms with Crippen LogP contribution in [0.2, 0.25) is 5.02 Å². The Balaban J connectivity index is 1.95. The molecule has 1 N–H and O–H groups in total. The molecule has 1 aliphatic rings. The van der Waals surface area contributed by atoms with Gasteiger partial charge in [0.05, 0.1) is 28.0 Å². The summed E-state index contributed by atoms with van der Waals surface area (Å²) in [7, 11) is -2.44. The van der Waals surface area contributed by atoms with Gasteiger partial charge in [-0.15, -0.1) is 0 Å². The molecule has 2 heterocycles. The lowest BCUT2D eigenvalue weighted by atomic mass is 9.97. The molecule has 0 saturated carbocycles. The summed E-state index contributed by atoms with van der Waals surface area (Å²) in [6.45, 7) is 6.63. The average molecular weight is 424 g/mol. The van der Waals surface area contributed by atoms with Crippen LogP contribution in [-0.4, -0.2) is 41.5 Å². The third kappa shape index (κ3) is 4.26. The number of aromatic nitrogens is 1. The maximum atomic E-state index is 12.4. The van der Waals surface area contributed by atoms with E-state index in [1.807, 2.05) is 25.8 Å². The van der Waals surface area contributed by atoms with Gasteiger partial charge in [-0.3, -0.25) is 9.47 Å². The average Bonchev–Trinajstić information content (AvgIpc) is 2.65. The van der Waals surface area contributed by atoms with Crippen LogP contribution in [-0.2, 0) is 11.3 Å². The molecular formula is C21H25ClN2O5. The quantitative estimate of drug-likeness (QED) is 0.716. The highest BCUT2D eigenvalue weighted by Gasteiger charge is 2.31. The van der Waals surface area contributed by atoms with Gasteiger partial charge in [0.2, 0.25) is 0 Å². The highest BCUT2D eigenvalue weighted by atomic mass is 35.5. The summed E-state index contributed by atoms with van der Waals surface area (Å²) < 4.78 is 33.3. The Kier molecular flexibility index (Phi) is 4.84. The predicted octanol–water partition coefficient (Wildman–Crippen LogP) is 3.53. The molecule has 3 rings (SSSR count). The number of aromatic carboxylic acids is 1. The van der Waals surface area contributed by atoms with Crippen LogP contribution < -0.4 is 15.2 Å². The van der Waals surface area contributed by atoms with Crippen molar-refractivity contribution in [3.63, 3.8) is 0 Å². The first kappa shape index (κ1) is 17.4. The predicted molar refractivity (Wildman–Crippen MR) is 112 cm³/mol. The standard InChI is InChI=1S/C21H25ClN2O5/c1-21(2,3)24-11-13-8-19(29-7-5-6-28-4)16(22)9-14(13)17-10-18(25)15(20(26)27)12-23(17)24/h8-10,12H,5-7,11H2,1-4H3,(H,26,27)/i4D3. The molecule has 0 aliphatic carbocycles. The molecule has 0 atom stereocenters. The number of pyridine rings is 1. The van der Waals surface area contributed by atoms with Crippen LogP contribution in [0.4, 0.5) is 0 Å². The number of carbonyl (C=O) groups is 1. The van der Waals surface area contributed by atoms with Crippen molar-refractivity contribution >= 4 is 17.6 Å². The first-order valence-corrected chi connectivity index (χ1v) is 9.53. The van der Waals surface area contributed by atoms with Crippen LogP contribution in [0.3, 0.4) is 0 Å². The van der Waals surface area contributed by atoms with Gasteiger partial charge >= 0.3 is 5.97 Å². The Morgan fingerprint density at radius 1 is 1.31 bits per heavy atom. The summed E-state index contributed by atoms with van der Waals surface area (Å²) in [5.74, 6) is -0.847. The zero-order chi connectivity index (χ0) is 23.8. The van der Waals surface area contributed by atoms with E-state index in [0.29, 0.717) is 35.0 Å². The maximum Gasteiger partial charge on any atom is 0.341 e. The van der Waals surface area contributed by atoms with E-state index in [2.05, 4.69) is 0 Å². The van der Waals surface area contributed by atoms with Crippen LogP contribution in [0.25, 0.3) is 11.3 Å². The van der Waals surface area contributed by atoms with E-state index >= 15 is 0 Å². The molecule has 1 aromatic carbocycles. The maximum absolute atomic E-state index is 12.4. The lowest BCUT2D eigenvalue weighted by Gasteiger charge is -2.43. The zero-order valence-corrected chi connectivity index (χ0v) is 17.2. The molecule has 0 bridgehead atoms. The molecule has 0 radical (unpaired) electrons. The number of carboxylic acids is 1. The van der Waals surface area contributed by atoms with Gasteiger partial charge in [0.25, 0.3) is 0 Å². The summed E-state index contributed by atoms with van der Waals surface area (Å²) in [6.07, 6.45) is 1.72. The fourth-order valence-corrected chi connectivity index (χ4v) is 3.49. The first-order chi connectivity index (χ1) is 14.8. The van der Waals surface area contributed by atoms with Gasteiger partial charge in [0.15, 0.2) is 5.43 Å². The fourth-order valence-electron chi connectivity index (χ4n) is 3.27. The normalized spacial score (nSPS) is 15.0. The van der Waals surface area contributed by atoms with E-state index in [1.165, 1.54) is 12.3 Å². The number of fused-ring (bicyclic) bond motifs is 3. The van der Waals surface area contributed by atoms with Crippen LogP contribution in [0, 0.1) is 0 Å². The molecule has 0 saturated heterocycles. The minimum atomic E-state index is -2.44. The number of hydrogen-bond acceptors (Lipinski definition) is 5. The van der Waals surface area contributed by atoms with E-state index in [-0.39, 0.29) is 24.3 Å². The number of rotatable bonds is 6. The van der Waals surface area contributed by atoms with Gasteiger partial charge in [0.1, 0.15) is 11.3 Å². The lowest BCUT2D eigenvalue weighted by molar-refractivity contribution is 0.0694. The van der Waals surface area contributed by atoms with Crippen molar-refractivity contribution in [2.24, 2.45) is 0 Å². The first-order valence-electron chi connectivity index (χ1n) is 10.7. The molecular weight excluding hydrogens is 396 g/mol. The van der Waals surface area contributed by atoms with Crippen LogP contribution in [0.5, 0.6) is 5.75 Å². The Labute approximate surface area is 178 Å². The molecule has 1 aliphatic heterocycles. The van der Waals surface area contributed by atoms with Gasteiger partial charge in [0, 0.05) is 43.4 Å². The second-order valence-electron chi connectivity index (χ2n) is 7.81. The van der Waals surface area contributed by atoms with E-state index < -0.39 is 18.4 Å². The minimum Gasteiger partial charge on any atom is -0.492 e. The second kappa shape index (κ2) is 8.08. The highest BCUT2D eigenvalue weighted by Crippen LogP contribution is 2.38. The Bertz CT molecular complexity index is 1090. The number of hydrogen-bond donors (Lipinski definition) is 1. The molecule has 0 unspecified atom stereocenters. The number of halogens is 1. The third-order valence-corrected chi connectivity index (χ3v) is 4.99. The van der Waals surface area contributed by atoms with Crippen LogP contribution >= 0.6 is 11.6 Å². The Morgan fingerprint density at radius 2 is 2.07 bits per heavy atom. The van der Waals surface area contributed by atoms with E-state index in [9.17, 15) is 14.7 Å². The fraction of sp³-hybridized carbons (Fsp3) is 0.429. The third-order valence-electron chi connectivity index (χ3n) is 4.70. The van der Waals surface area contributed by atoms with Crippen molar-refractivity contribution in [2.75, 3.05) is 25.3 Å². The van der Waals surface area contributed by atoms with Gasteiger partial charge in [-0.05, 0) is 38.5 Å². The minimum absolute atomic E-state index is 0.0268. The van der Waals surface area contributed by atoms with Gasteiger partial charge in [-0.25, -0.2) is 4.79 Å². The molecule has 2 aromatic rings. The van der Waals surface area contributed by atoms with Gasteiger partial charge in [-0.2, -0.15) is 0 Å². The topological polar surface area (TPSA) is 81.0 Å².